The Balaban J connectivity index is 5.89. The molecule has 0 saturated heterocycles. The van der Waals surface area contributed by atoms with Gasteiger partial charge in [0.15, 0.2) is 0 Å². The Morgan fingerprint density at radius 1 is 0.432 bits per heavy atom. The first-order valence-corrected chi connectivity index (χ1v) is 15.6. The van der Waals surface area contributed by atoms with Crippen LogP contribution in [0.2, 0.25) is 0 Å². The standard InChI is InChI=1S/C28H62N4O12/c1-25(31(7-17-37)8-18-38)43-24-28(44-26(2)32(9-19-39)10-20-40)27(42-22-12-30(5-15-35)6-16-36)23-41-21-11-29(3-13-33)4-14-34/h25-28,33-40H,3-24H2,1-2H3. The van der Waals surface area contributed by atoms with E-state index >= 15 is 0 Å². The van der Waals surface area contributed by atoms with Gasteiger partial charge in [-0.15, -0.1) is 0 Å². The van der Waals surface area contributed by atoms with Crippen LogP contribution in [0.15, 0.2) is 0 Å². The first-order valence-electron chi connectivity index (χ1n) is 15.6. The molecule has 0 radical (unpaired) electrons. The van der Waals surface area contributed by atoms with Crippen molar-refractivity contribution in [3.05, 3.63) is 0 Å². The summed E-state index contributed by atoms with van der Waals surface area (Å²) in [6.07, 6.45) is -2.35. The van der Waals surface area contributed by atoms with Crippen LogP contribution in [-0.2, 0) is 18.9 Å². The van der Waals surface area contributed by atoms with Crippen LogP contribution in [0.3, 0.4) is 0 Å². The fourth-order valence-electron chi connectivity index (χ4n) is 4.60. The molecule has 16 heteroatoms. The van der Waals surface area contributed by atoms with E-state index in [1.54, 1.807) is 23.6 Å². The Kier molecular flexibility index (Phi) is 29.3. The minimum Gasteiger partial charge on any atom is -0.395 e. The monoisotopic (exact) mass is 646 g/mol. The Bertz CT molecular complexity index is 595. The molecule has 0 aromatic heterocycles. The Hall–Kier alpha value is -0.640. The van der Waals surface area contributed by atoms with Gasteiger partial charge in [0.2, 0.25) is 0 Å². The van der Waals surface area contributed by atoms with E-state index < -0.39 is 24.7 Å². The summed E-state index contributed by atoms with van der Waals surface area (Å²) >= 11 is 0. The highest BCUT2D eigenvalue weighted by Gasteiger charge is 2.29. The van der Waals surface area contributed by atoms with Gasteiger partial charge >= 0.3 is 0 Å². The molecule has 0 spiro atoms. The molecular weight excluding hydrogens is 584 g/mol. The summed E-state index contributed by atoms with van der Waals surface area (Å²) in [6, 6.07) is 0. The first kappa shape index (κ1) is 43.4. The van der Waals surface area contributed by atoms with Gasteiger partial charge < -0.3 is 59.8 Å². The minimum atomic E-state index is -0.687. The van der Waals surface area contributed by atoms with Crippen molar-refractivity contribution in [3.63, 3.8) is 0 Å². The number of rotatable bonds is 33. The van der Waals surface area contributed by atoms with Gasteiger partial charge in [-0.3, -0.25) is 19.6 Å². The molecule has 0 aliphatic heterocycles. The summed E-state index contributed by atoms with van der Waals surface area (Å²) in [5.41, 5.74) is 0. The average molecular weight is 647 g/mol. The number of ether oxygens (including phenoxy) is 4. The van der Waals surface area contributed by atoms with E-state index in [4.69, 9.17) is 18.9 Å². The van der Waals surface area contributed by atoms with E-state index in [9.17, 15) is 40.9 Å². The quantitative estimate of drug-likeness (QED) is 0.0250. The van der Waals surface area contributed by atoms with Crippen LogP contribution in [0, 0.1) is 0 Å². The van der Waals surface area contributed by atoms with Crippen LogP contribution in [0.25, 0.3) is 0 Å². The van der Waals surface area contributed by atoms with Crippen LogP contribution < -0.4 is 0 Å². The molecule has 0 aliphatic rings. The summed E-state index contributed by atoms with van der Waals surface area (Å²) in [4.78, 5) is 7.30. The zero-order valence-electron chi connectivity index (χ0n) is 26.9. The smallest absolute Gasteiger partial charge is 0.111 e. The number of aliphatic hydroxyl groups is 8. The maximum atomic E-state index is 9.54. The van der Waals surface area contributed by atoms with Gasteiger partial charge in [0.05, 0.1) is 79.3 Å². The minimum absolute atomic E-state index is 0.0466. The fourth-order valence-corrected chi connectivity index (χ4v) is 4.60. The molecule has 4 unspecified atom stereocenters. The molecule has 0 aromatic rings. The summed E-state index contributed by atoms with van der Waals surface area (Å²) < 4.78 is 24.8. The second-order valence-electron chi connectivity index (χ2n) is 10.2. The topological polar surface area (TPSA) is 212 Å². The van der Waals surface area contributed by atoms with Crippen molar-refractivity contribution in [2.75, 3.05) is 145 Å². The highest BCUT2D eigenvalue weighted by atomic mass is 16.6. The van der Waals surface area contributed by atoms with E-state index in [2.05, 4.69) is 0 Å². The molecule has 266 valence electrons. The second-order valence-corrected chi connectivity index (χ2v) is 10.2. The van der Waals surface area contributed by atoms with E-state index in [1.807, 2.05) is 9.80 Å². The van der Waals surface area contributed by atoms with Crippen LogP contribution in [0.5, 0.6) is 0 Å². The maximum Gasteiger partial charge on any atom is 0.111 e. The lowest BCUT2D eigenvalue weighted by atomic mass is 10.2. The lowest BCUT2D eigenvalue weighted by Crippen LogP contribution is -2.49. The molecule has 0 rings (SSSR count). The van der Waals surface area contributed by atoms with Crippen molar-refractivity contribution in [2.24, 2.45) is 0 Å². The van der Waals surface area contributed by atoms with E-state index in [1.165, 1.54) is 0 Å². The molecule has 0 amide bonds. The molecule has 0 bridgehead atoms. The Morgan fingerprint density at radius 3 is 1.27 bits per heavy atom. The molecule has 4 atom stereocenters. The Morgan fingerprint density at radius 2 is 0.841 bits per heavy atom. The fraction of sp³-hybridized carbons (Fsp3) is 1.00. The molecular formula is C28H62N4O12. The van der Waals surface area contributed by atoms with Crippen molar-refractivity contribution in [3.8, 4) is 0 Å². The van der Waals surface area contributed by atoms with Gasteiger partial charge in [-0.1, -0.05) is 0 Å². The van der Waals surface area contributed by atoms with Gasteiger partial charge in [0, 0.05) is 65.4 Å². The van der Waals surface area contributed by atoms with Crippen molar-refractivity contribution in [2.45, 2.75) is 38.5 Å². The van der Waals surface area contributed by atoms with Crippen LogP contribution >= 0.6 is 0 Å². The summed E-state index contributed by atoms with van der Waals surface area (Å²) in [5.74, 6) is 0. The summed E-state index contributed by atoms with van der Waals surface area (Å²) in [7, 11) is 0. The average Bonchev–Trinajstić information content (AvgIpc) is 3.00. The van der Waals surface area contributed by atoms with Crippen LogP contribution in [0.1, 0.15) is 13.8 Å². The van der Waals surface area contributed by atoms with Gasteiger partial charge in [0.1, 0.15) is 24.7 Å². The lowest BCUT2D eigenvalue weighted by Gasteiger charge is -2.36. The lowest BCUT2D eigenvalue weighted by molar-refractivity contribution is -0.190. The van der Waals surface area contributed by atoms with Gasteiger partial charge in [-0.05, 0) is 13.8 Å². The molecule has 0 heterocycles. The molecule has 8 N–H and O–H groups in total. The van der Waals surface area contributed by atoms with Gasteiger partial charge in [-0.25, -0.2) is 0 Å². The molecule has 0 fully saturated rings. The maximum absolute atomic E-state index is 9.54. The number of aliphatic hydroxyl groups excluding tert-OH is 8. The highest BCUT2D eigenvalue weighted by molar-refractivity contribution is 4.75. The third kappa shape index (κ3) is 20.5. The predicted molar refractivity (Wildman–Crippen MR) is 163 cm³/mol. The van der Waals surface area contributed by atoms with Crippen molar-refractivity contribution < 1.29 is 59.8 Å². The molecule has 0 aromatic carbocycles. The SMILES string of the molecule is CC(OCC(OC(C)N(CCO)CCO)C(COCCN(CCO)CCO)OCCN(CCO)CCO)N(CCO)CCO. The van der Waals surface area contributed by atoms with Crippen LogP contribution in [-0.4, -0.2) is 230 Å². The first-order chi connectivity index (χ1) is 21.3. The van der Waals surface area contributed by atoms with E-state index in [0.29, 0.717) is 59.0 Å². The van der Waals surface area contributed by atoms with E-state index in [0.717, 1.165) is 0 Å². The number of nitrogens with zero attached hydrogens (tertiary/aromatic N) is 4. The normalized spacial score (nSPS) is 15.1. The molecule has 16 nitrogen and oxygen atoms in total. The second kappa shape index (κ2) is 29.7. The molecule has 0 saturated carbocycles. The van der Waals surface area contributed by atoms with Crippen molar-refractivity contribution in [1.82, 2.24) is 19.6 Å². The molecule has 44 heavy (non-hydrogen) atoms. The number of hydrogen-bond donors (Lipinski definition) is 8. The van der Waals surface area contributed by atoms with Crippen molar-refractivity contribution >= 4 is 0 Å². The van der Waals surface area contributed by atoms with Crippen molar-refractivity contribution in [1.29, 1.82) is 0 Å². The van der Waals surface area contributed by atoms with Gasteiger partial charge in [-0.2, -0.15) is 0 Å². The van der Waals surface area contributed by atoms with Crippen LogP contribution in [0.4, 0.5) is 0 Å². The zero-order valence-corrected chi connectivity index (χ0v) is 26.9. The molecule has 0 aliphatic carbocycles. The third-order valence-electron chi connectivity index (χ3n) is 7.10. The van der Waals surface area contributed by atoms with E-state index in [-0.39, 0.29) is 85.8 Å². The summed E-state index contributed by atoms with van der Waals surface area (Å²) in [5, 5.41) is 75.3. The largest absolute Gasteiger partial charge is 0.395 e. The predicted octanol–water partition coefficient (Wildman–Crippen LogP) is -4.37. The third-order valence-corrected chi connectivity index (χ3v) is 7.10. The Labute approximate surface area is 262 Å². The zero-order chi connectivity index (χ0) is 33.0. The highest BCUT2D eigenvalue weighted by Crippen LogP contribution is 2.15. The number of hydrogen-bond acceptors (Lipinski definition) is 16. The summed E-state index contributed by atoms with van der Waals surface area (Å²) in [6.45, 7) is 7.20. The van der Waals surface area contributed by atoms with Gasteiger partial charge in [0.25, 0.3) is 0 Å².